The Balaban J connectivity index is 1.35. The first kappa shape index (κ1) is 24.4. The smallest absolute Gasteiger partial charge is 0.256 e. The molecule has 1 fully saturated rings. The summed E-state index contributed by atoms with van der Waals surface area (Å²) in [5.74, 6) is 1.22. The van der Waals surface area contributed by atoms with Gasteiger partial charge in [0.15, 0.2) is 0 Å². The number of nitrogens with one attached hydrogen (secondary N) is 1. The van der Waals surface area contributed by atoms with Gasteiger partial charge in [0.1, 0.15) is 5.75 Å². The lowest BCUT2D eigenvalue weighted by Gasteiger charge is -2.35. The minimum absolute atomic E-state index is 0.0358. The summed E-state index contributed by atoms with van der Waals surface area (Å²) < 4.78 is 16.5. The van der Waals surface area contributed by atoms with Crippen molar-refractivity contribution in [2.75, 3.05) is 25.0 Å². The minimum atomic E-state index is -0.241. The summed E-state index contributed by atoms with van der Waals surface area (Å²) >= 11 is 0. The first-order chi connectivity index (χ1) is 16.9. The van der Waals surface area contributed by atoms with E-state index in [0.29, 0.717) is 42.7 Å². The average molecular weight is 479 g/mol. The number of hydrogen-bond donors (Lipinski definition) is 1. The molecule has 0 spiro atoms. The molecule has 35 heavy (non-hydrogen) atoms. The summed E-state index contributed by atoms with van der Waals surface area (Å²) in [4.78, 5) is 32.0. The van der Waals surface area contributed by atoms with E-state index < -0.39 is 0 Å². The Labute approximate surface area is 204 Å². The van der Waals surface area contributed by atoms with Crippen LogP contribution >= 0.6 is 0 Å². The van der Waals surface area contributed by atoms with Gasteiger partial charge in [0.25, 0.3) is 5.91 Å². The number of ether oxygens (including phenoxy) is 2. The number of aromatic nitrogens is 2. The second kappa shape index (κ2) is 11.1. The standard InChI is InChI=1S/C26H30N4O5/c1-4-33-20-11-9-19(10-12-20)25-28-24(35-29-25)14-13-23(31)27-22-8-6-5-7-21(22)26(32)30-15-17(2)34-18(3)16-30/h5-12,17-18H,4,13-16H2,1-3H3,(H,27,31). The maximum absolute atomic E-state index is 13.1. The SMILES string of the molecule is CCOc1ccc(-c2noc(CCC(=O)Nc3ccccc3C(=O)N3CC(C)OC(C)C3)n2)cc1. The number of para-hydroxylation sites is 1. The molecular formula is C26H30N4O5. The second-order valence-electron chi connectivity index (χ2n) is 8.53. The van der Waals surface area contributed by atoms with Gasteiger partial charge in [-0.25, -0.2) is 0 Å². The van der Waals surface area contributed by atoms with Crippen LogP contribution < -0.4 is 10.1 Å². The molecule has 1 aliphatic rings. The lowest BCUT2D eigenvalue weighted by Crippen LogP contribution is -2.48. The molecule has 0 bridgehead atoms. The largest absolute Gasteiger partial charge is 0.494 e. The van der Waals surface area contributed by atoms with Gasteiger partial charge in [-0.2, -0.15) is 4.98 Å². The van der Waals surface area contributed by atoms with Gasteiger partial charge in [0.05, 0.1) is 30.1 Å². The van der Waals surface area contributed by atoms with Crippen molar-refractivity contribution in [3.05, 3.63) is 60.0 Å². The molecule has 184 valence electrons. The molecule has 2 aromatic carbocycles. The van der Waals surface area contributed by atoms with Crippen molar-refractivity contribution in [1.82, 2.24) is 15.0 Å². The quantitative estimate of drug-likeness (QED) is 0.522. The third-order valence-electron chi connectivity index (χ3n) is 5.60. The molecule has 2 atom stereocenters. The Morgan fingerprint density at radius 3 is 2.51 bits per heavy atom. The van der Waals surface area contributed by atoms with E-state index >= 15 is 0 Å². The molecule has 2 heterocycles. The predicted molar refractivity (Wildman–Crippen MR) is 130 cm³/mol. The van der Waals surface area contributed by atoms with Gasteiger partial charge in [-0.3, -0.25) is 9.59 Å². The van der Waals surface area contributed by atoms with Gasteiger partial charge in [0.2, 0.25) is 17.6 Å². The molecule has 2 unspecified atom stereocenters. The zero-order valence-electron chi connectivity index (χ0n) is 20.2. The third kappa shape index (κ3) is 6.24. The van der Waals surface area contributed by atoms with E-state index in [2.05, 4.69) is 15.5 Å². The summed E-state index contributed by atoms with van der Waals surface area (Å²) in [5.41, 5.74) is 1.74. The number of carbonyl (C=O) groups excluding carboxylic acids is 2. The van der Waals surface area contributed by atoms with Crippen molar-refractivity contribution < 1.29 is 23.6 Å². The highest BCUT2D eigenvalue weighted by Gasteiger charge is 2.28. The highest BCUT2D eigenvalue weighted by molar-refractivity contribution is 6.03. The van der Waals surface area contributed by atoms with Crippen molar-refractivity contribution >= 4 is 17.5 Å². The van der Waals surface area contributed by atoms with Crippen LogP contribution in [0, 0.1) is 0 Å². The molecule has 1 N–H and O–H groups in total. The van der Waals surface area contributed by atoms with Gasteiger partial charge < -0.3 is 24.2 Å². The zero-order chi connectivity index (χ0) is 24.8. The Morgan fingerprint density at radius 1 is 1.09 bits per heavy atom. The number of aryl methyl sites for hydroxylation is 1. The van der Waals surface area contributed by atoms with Crippen LogP contribution in [-0.2, 0) is 16.0 Å². The molecule has 9 nitrogen and oxygen atoms in total. The fraction of sp³-hybridized carbons (Fsp3) is 0.385. The molecule has 3 aromatic rings. The van der Waals surface area contributed by atoms with Crippen LogP contribution in [0.2, 0.25) is 0 Å². The number of anilines is 1. The van der Waals surface area contributed by atoms with Crippen molar-refractivity contribution in [1.29, 1.82) is 0 Å². The highest BCUT2D eigenvalue weighted by Crippen LogP contribution is 2.22. The summed E-state index contributed by atoms with van der Waals surface area (Å²) in [6, 6.07) is 14.4. The van der Waals surface area contributed by atoms with Gasteiger partial charge in [-0.15, -0.1) is 0 Å². The van der Waals surface area contributed by atoms with Crippen LogP contribution in [0.1, 0.15) is 43.4 Å². The summed E-state index contributed by atoms with van der Waals surface area (Å²) in [6.45, 7) is 7.44. The van der Waals surface area contributed by atoms with Crippen molar-refractivity contribution in [2.45, 2.75) is 45.8 Å². The maximum atomic E-state index is 13.1. The molecule has 1 saturated heterocycles. The predicted octanol–water partition coefficient (Wildman–Crippen LogP) is 3.96. The number of hydrogen-bond acceptors (Lipinski definition) is 7. The normalized spacial score (nSPS) is 17.7. The molecule has 1 aromatic heterocycles. The van der Waals surface area contributed by atoms with Crippen molar-refractivity contribution in [2.24, 2.45) is 0 Å². The number of morpholine rings is 1. The van der Waals surface area contributed by atoms with Crippen molar-refractivity contribution in [3.63, 3.8) is 0 Å². The van der Waals surface area contributed by atoms with Crippen LogP contribution in [0.15, 0.2) is 53.1 Å². The Bertz CT molecular complexity index is 1150. The minimum Gasteiger partial charge on any atom is -0.494 e. The van der Waals surface area contributed by atoms with E-state index in [0.717, 1.165) is 11.3 Å². The van der Waals surface area contributed by atoms with E-state index in [4.69, 9.17) is 14.0 Å². The average Bonchev–Trinajstić information content (AvgIpc) is 3.32. The van der Waals surface area contributed by atoms with E-state index in [1.54, 1.807) is 29.2 Å². The van der Waals surface area contributed by atoms with Gasteiger partial charge in [-0.1, -0.05) is 17.3 Å². The molecule has 2 amide bonds. The first-order valence-electron chi connectivity index (χ1n) is 11.8. The van der Waals surface area contributed by atoms with Crippen LogP contribution in [0.4, 0.5) is 5.69 Å². The second-order valence-corrected chi connectivity index (χ2v) is 8.53. The highest BCUT2D eigenvalue weighted by atomic mass is 16.5. The van der Waals surface area contributed by atoms with Crippen LogP contribution in [0.5, 0.6) is 5.75 Å². The Kier molecular flexibility index (Phi) is 7.77. The third-order valence-corrected chi connectivity index (χ3v) is 5.60. The number of carbonyl (C=O) groups is 2. The molecule has 1 aliphatic heterocycles. The van der Waals surface area contributed by atoms with E-state index in [1.807, 2.05) is 45.0 Å². The Morgan fingerprint density at radius 2 is 1.80 bits per heavy atom. The fourth-order valence-corrected chi connectivity index (χ4v) is 4.07. The number of rotatable bonds is 8. The molecule has 0 radical (unpaired) electrons. The van der Waals surface area contributed by atoms with Crippen LogP contribution in [0.25, 0.3) is 11.4 Å². The molecule has 0 saturated carbocycles. The zero-order valence-corrected chi connectivity index (χ0v) is 20.2. The lowest BCUT2D eigenvalue weighted by atomic mass is 10.1. The van der Waals surface area contributed by atoms with Crippen molar-refractivity contribution in [3.8, 4) is 17.1 Å². The number of nitrogens with zero attached hydrogens (tertiary/aromatic N) is 3. The molecule has 0 aliphatic carbocycles. The summed E-state index contributed by atoms with van der Waals surface area (Å²) in [6.07, 6.45) is 0.349. The molecule has 9 heteroatoms. The topological polar surface area (TPSA) is 107 Å². The lowest BCUT2D eigenvalue weighted by molar-refractivity contribution is -0.116. The van der Waals surface area contributed by atoms with Gasteiger partial charge in [-0.05, 0) is 57.2 Å². The fourth-order valence-electron chi connectivity index (χ4n) is 4.07. The van der Waals surface area contributed by atoms with E-state index in [-0.39, 0.29) is 36.9 Å². The first-order valence-corrected chi connectivity index (χ1v) is 11.8. The maximum Gasteiger partial charge on any atom is 0.256 e. The van der Waals surface area contributed by atoms with Gasteiger partial charge >= 0.3 is 0 Å². The van der Waals surface area contributed by atoms with E-state index in [1.165, 1.54) is 0 Å². The van der Waals surface area contributed by atoms with Gasteiger partial charge in [0, 0.05) is 31.5 Å². The number of benzene rings is 2. The monoisotopic (exact) mass is 478 g/mol. The number of amides is 2. The molecular weight excluding hydrogens is 448 g/mol. The summed E-state index contributed by atoms with van der Waals surface area (Å²) in [7, 11) is 0. The van der Waals surface area contributed by atoms with E-state index in [9.17, 15) is 9.59 Å². The molecule has 4 rings (SSSR count). The Hall–Kier alpha value is -3.72. The summed E-state index contributed by atoms with van der Waals surface area (Å²) in [5, 5.41) is 6.86. The van der Waals surface area contributed by atoms with Crippen LogP contribution in [0.3, 0.4) is 0 Å². The van der Waals surface area contributed by atoms with Crippen LogP contribution in [-0.4, -0.2) is 58.8 Å².